The van der Waals surface area contributed by atoms with Crippen LogP contribution in [0.2, 0.25) is 0 Å². The van der Waals surface area contributed by atoms with Crippen LogP contribution in [0.25, 0.3) is 0 Å². The summed E-state index contributed by atoms with van der Waals surface area (Å²) in [7, 11) is 0. The number of amides is 2. The highest BCUT2D eigenvalue weighted by molar-refractivity contribution is 5.86. The standard InChI is InChI=1S/C13H21N3O3/c1-9(2)16(8-4-7-14)12(19)15-13(3,11(17)18)10-5-6-10/h9-10H,4-6,8H2,1-3H3,(H,15,19)(H,17,18). The fourth-order valence-electron chi connectivity index (χ4n) is 2.05. The summed E-state index contributed by atoms with van der Waals surface area (Å²) < 4.78 is 0. The molecule has 1 rings (SSSR count). The molecule has 0 heterocycles. The maximum atomic E-state index is 12.2. The summed E-state index contributed by atoms with van der Waals surface area (Å²) in [6.45, 7) is 5.53. The topological polar surface area (TPSA) is 93.4 Å². The van der Waals surface area contributed by atoms with Crippen molar-refractivity contribution >= 4 is 12.0 Å². The number of nitrogens with one attached hydrogen (secondary N) is 1. The van der Waals surface area contributed by atoms with Gasteiger partial charge in [0, 0.05) is 12.6 Å². The molecule has 0 spiro atoms. The van der Waals surface area contributed by atoms with Crippen LogP contribution in [0.4, 0.5) is 4.79 Å². The summed E-state index contributed by atoms with van der Waals surface area (Å²) in [6, 6.07) is 1.50. The molecule has 106 valence electrons. The van der Waals surface area contributed by atoms with Gasteiger partial charge in [-0.3, -0.25) is 0 Å². The second kappa shape index (κ2) is 5.91. The van der Waals surface area contributed by atoms with Gasteiger partial charge >= 0.3 is 12.0 Å². The zero-order valence-electron chi connectivity index (χ0n) is 11.6. The molecule has 0 aromatic rings. The Morgan fingerprint density at radius 1 is 1.53 bits per heavy atom. The van der Waals surface area contributed by atoms with Crippen molar-refractivity contribution in [2.45, 2.75) is 51.6 Å². The van der Waals surface area contributed by atoms with Crippen molar-refractivity contribution in [1.29, 1.82) is 5.26 Å². The quantitative estimate of drug-likeness (QED) is 0.764. The number of hydrogen-bond acceptors (Lipinski definition) is 3. The maximum absolute atomic E-state index is 12.2. The molecule has 0 bridgehead atoms. The van der Waals surface area contributed by atoms with E-state index in [4.69, 9.17) is 5.26 Å². The third-order valence-corrected chi connectivity index (χ3v) is 3.55. The minimum absolute atomic E-state index is 0.000992. The van der Waals surface area contributed by atoms with Gasteiger partial charge in [0.2, 0.25) is 0 Å². The summed E-state index contributed by atoms with van der Waals surface area (Å²) in [5, 5.41) is 20.5. The Morgan fingerprint density at radius 3 is 2.47 bits per heavy atom. The van der Waals surface area contributed by atoms with Gasteiger partial charge in [0.1, 0.15) is 5.54 Å². The molecule has 0 radical (unpaired) electrons. The van der Waals surface area contributed by atoms with Crippen molar-refractivity contribution in [3.05, 3.63) is 0 Å². The number of nitriles is 1. The Labute approximate surface area is 113 Å². The number of urea groups is 1. The highest BCUT2D eigenvalue weighted by atomic mass is 16.4. The monoisotopic (exact) mass is 267 g/mol. The van der Waals surface area contributed by atoms with Crippen LogP contribution in [0.1, 0.15) is 40.0 Å². The van der Waals surface area contributed by atoms with E-state index in [1.807, 2.05) is 19.9 Å². The first kappa shape index (κ1) is 15.3. The van der Waals surface area contributed by atoms with Crippen molar-refractivity contribution in [2.75, 3.05) is 6.54 Å². The molecule has 0 saturated heterocycles. The van der Waals surface area contributed by atoms with E-state index in [-0.39, 0.29) is 18.4 Å². The second-order valence-corrected chi connectivity index (χ2v) is 5.41. The predicted octanol–water partition coefficient (Wildman–Crippen LogP) is 1.57. The number of carboxylic acid groups (broad SMARTS) is 1. The molecule has 0 aromatic carbocycles. The Hall–Kier alpha value is -1.77. The van der Waals surface area contributed by atoms with Gasteiger partial charge in [0.25, 0.3) is 0 Å². The average molecular weight is 267 g/mol. The Balaban J connectivity index is 2.74. The summed E-state index contributed by atoms with van der Waals surface area (Å²) in [5.41, 5.74) is -1.21. The van der Waals surface area contributed by atoms with Crippen LogP contribution in [0.3, 0.4) is 0 Å². The van der Waals surface area contributed by atoms with Crippen LogP contribution in [-0.2, 0) is 4.79 Å². The molecule has 6 nitrogen and oxygen atoms in total. The summed E-state index contributed by atoms with van der Waals surface area (Å²) in [6.07, 6.45) is 1.88. The van der Waals surface area contributed by atoms with Crippen molar-refractivity contribution in [3.63, 3.8) is 0 Å². The van der Waals surface area contributed by atoms with Gasteiger partial charge in [-0.1, -0.05) is 0 Å². The van der Waals surface area contributed by atoms with E-state index >= 15 is 0 Å². The summed E-state index contributed by atoms with van der Waals surface area (Å²) in [4.78, 5) is 25.0. The third kappa shape index (κ3) is 3.60. The summed E-state index contributed by atoms with van der Waals surface area (Å²) >= 11 is 0. The fraction of sp³-hybridized carbons (Fsp3) is 0.769. The zero-order chi connectivity index (χ0) is 14.6. The number of carbonyl (C=O) groups is 2. The van der Waals surface area contributed by atoms with E-state index in [0.29, 0.717) is 6.54 Å². The Morgan fingerprint density at radius 2 is 2.11 bits per heavy atom. The lowest BCUT2D eigenvalue weighted by Crippen LogP contribution is -2.58. The van der Waals surface area contributed by atoms with Gasteiger partial charge in [-0.05, 0) is 39.5 Å². The van der Waals surface area contributed by atoms with E-state index < -0.39 is 17.5 Å². The predicted molar refractivity (Wildman–Crippen MR) is 69.4 cm³/mol. The summed E-state index contributed by atoms with van der Waals surface area (Å²) in [5.74, 6) is -1.01. The van der Waals surface area contributed by atoms with E-state index in [2.05, 4.69) is 5.32 Å². The normalized spacial score (nSPS) is 17.4. The molecule has 6 heteroatoms. The Bertz CT molecular complexity index is 398. The van der Waals surface area contributed by atoms with Crippen LogP contribution in [0.5, 0.6) is 0 Å². The molecular weight excluding hydrogens is 246 g/mol. The van der Waals surface area contributed by atoms with Crippen LogP contribution in [-0.4, -0.2) is 40.1 Å². The number of carboxylic acids is 1. The minimum atomic E-state index is -1.21. The lowest BCUT2D eigenvalue weighted by molar-refractivity contribution is -0.144. The molecule has 1 fully saturated rings. The molecule has 0 aliphatic heterocycles. The molecule has 0 aromatic heterocycles. The number of hydrogen-bond donors (Lipinski definition) is 2. The number of rotatable bonds is 6. The second-order valence-electron chi connectivity index (χ2n) is 5.41. The van der Waals surface area contributed by atoms with E-state index in [1.165, 1.54) is 4.90 Å². The van der Waals surface area contributed by atoms with Crippen LogP contribution < -0.4 is 5.32 Å². The molecule has 19 heavy (non-hydrogen) atoms. The molecule has 1 atom stereocenters. The van der Waals surface area contributed by atoms with Gasteiger partial charge in [-0.15, -0.1) is 0 Å². The first-order chi connectivity index (χ1) is 8.82. The van der Waals surface area contributed by atoms with Crippen molar-refractivity contribution in [2.24, 2.45) is 5.92 Å². The largest absolute Gasteiger partial charge is 0.480 e. The van der Waals surface area contributed by atoms with E-state index in [0.717, 1.165) is 12.8 Å². The van der Waals surface area contributed by atoms with E-state index in [1.54, 1.807) is 6.92 Å². The van der Waals surface area contributed by atoms with Gasteiger partial charge in [0.05, 0.1) is 12.5 Å². The van der Waals surface area contributed by atoms with Crippen molar-refractivity contribution in [1.82, 2.24) is 10.2 Å². The zero-order valence-corrected chi connectivity index (χ0v) is 11.6. The molecule has 2 amide bonds. The molecule has 1 unspecified atom stereocenters. The fourth-order valence-corrected chi connectivity index (χ4v) is 2.05. The number of nitrogens with zero attached hydrogens (tertiary/aromatic N) is 2. The minimum Gasteiger partial charge on any atom is -0.480 e. The van der Waals surface area contributed by atoms with Gasteiger partial charge < -0.3 is 15.3 Å². The molecule has 2 N–H and O–H groups in total. The van der Waals surface area contributed by atoms with Crippen LogP contribution in [0.15, 0.2) is 0 Å². The average Bonchev–Trinajstić information content (AvgIpc) is 3.12. The number of aliphatic carboxylic acids is 1. The Kier molecular flexibility index (Phi) is 4.76. The highest BCUT2D eigenvalue weighted by Crippen LogP contribution is 2.39. The van der Waals surface area contributed by atoms with Gasteiger partial charge in [0.15, 0.2) is 0 Å². The first-order valence-electron chi connectivity index (χ1n) is 6.52. The molecule has 1 saturated carbocycles. The van der Waals surface area contributed by atoms with Gasteiger partial charge in [-0.2, -0.15) is 5.26 Å². The maximum Gasteiger partial charge on any atom is 0.329 e. The van der Waals surface area contributed by atoms with E-state index in [9.17, 15) is 14.7 Å². The first-order valence-corrected chi connectivity index (χ1v) is 6.52. The SMILES string of the molecule is CC(C)N(CCC#N)C(=O)NC(C)(C(=O)O)C1CC1. The molecule has 1 aliphatic carbocycles. The lowest BCUT2D eigenvalue weighted by atomic mass is 9.96. The van der Waals surface area contributed by atoms with Crippen molar-refractivity contribution in [3.8, 4) is 6.07 Å². The number of carbonyl (C=O) groups excluding carboxylic acids is 1. The van der Waals surface area contributed by atoms with Gasteiger partial charge in [-0.25, -0.2) is 9.59 Å². The van der Waals surface area contributed by atoms with Crippen molar-refractivity contribution < 1.29 is 14.7 Å². The molecular formula is C13H21N3O3. The third-order valence-electron chi connectivity index (χ3n) is 3.55. The van der Waals surface area contributed by atoms with Crippen LogP contribution in [0, 0.1) is 17.2 Å². The smallest absolute Gasteiger partial charge is 0.329 e. The lowest BCUT2D eigenvalue weighted by Gasteiger charge is -2.32. The molecule has 1 aliphatic rings. The van der Waals surface area contributed by atoms with Crippen LogP contribution >= 0.6 is 0 Å². The highest BCUT2D eigenvalue weighted by Gasteiger charge is 2.49.